The number of ether oxygens (including phenoxy) is 1. The molecule has 1 fully saturated rings. The molecule has 0 bridgehead atoms. The third-order valence-electron chi connectivity index (χ3n) is 5.89. The number of amides is 2. The number of hydrogen-bond donors (Lipinski definition) is 1. The molecule has 29 heavy (non-hydrogen) atoms. The lowest BCUT2D eigenvalue weighted by Crippen LogP contribution is -2.48. The van der Waals surface area contributed by atoms with Crippen molar-refractivity contribution >= 4 is 17.5 Å². The van der Waals surface area contributed by atoms with Gasteiger partial charge in [-0.05, 0) is 56.5 Å². The number of piperidine rings is 1. The van der Waals surface area contributed by atoms with E-state index in [1.165, 1.54) is 24.3 Å². The van der Waals surface area contributed by atoms with Crippen LogP contribution in [0, 0.1) is 0 Å². The van der Waals surface area contributed by atoms with Gasteiger partial charge in [0.05, 0.1) is 12.8 Å². The van der Waals surface area contributed by atoms with Crippen molar-refractivity contribution in [3.63, 3.8) is 0 Å². The molecule has 7 heteroatoms. The first-order chi connectivity index (χ1) is 14.0. The van der Waals surface area contributed by atoms with Crippen molar-refractivity contribution in [1.29, 1.82) is 0 Å². The summed E-state index contributed by atoms with van der Waals surface area (Å²) in [6.45, 7) is 5.88. The molecule has 0 saturated carbocycles. The van der Waals surface area contributed by atoms with Gasteiger partial charge in [0.1, 0.15) is 12.3 Å². The molecule has 1 aromatic rings. The summed E-state index contributed by atoms with van der Waals surface area (Å²) in [6.07, 6.45) is 4.64. The zero-order valence-corrected chi connectivity index (χ0v) is 17.7. The number of hydrazone groups is 1. The van der Waals surface area contributed by atoms with E-state index in [0.717, 1.165) is 23.6 Å². The Labute approximate surface area is 173 Å². The predicted molar refractivity (Wildman–Crippen MR) is 113 cm³/mol. The predicted octanol–water partition coefficient (Wildman–Crippen LogP) is 2.40. The van der Waals surface area contributed by atoms with Gasteiger partial charge in [0.2, 0.25) is 11.8 Å². The lowest BCUT2D eigenvalue weighted by atomic mass is 9.98. The van der Waals surface area contributed by atoms with Crippen LogP contribution in [0.5, 0.6) is 5.75 Å². The minimum absolute atomic E-state index is 0.0381. The molecule has 7 nitrogen and oxygen atoms in total. The van der Waals surface area contributed by atoms with E-state index in [0.29, 0.717) is 31.5 Å². The van der Waals surface area contributed by atoms with E-state index >= 15 is 0 Å². The molecule has 0 aromatic heterocycles. The summed E-state index contributed by atoms with van der Waals surface area (Å²) in [4.78, 5) is 27.1. The first-order valence-electron chi connectivity index (χ1n) is 10.5. The third-order valence-corrected chi connectivity index (χ3v) is 5.89. The Morgan fingerprint density at radius 1 is 1.17 bits per heavy atom. The van der Waals surface area contributed by atoms with Crippen LogP contribution in [0.2, 0.25) is 0 Å². The van der Waals surface area contributed by atoms with E-state index < -0.39 is 0 Å². The number of hydrogen-bond acceptors (Lipinski definition) is 5. The highest BCUT2D eigenvalue weighted by Gasteiger charge is 2.25. The molecule has 3 rings (SSSR count). The molecule has 0 spiro atoms. The topological polar surface area (TPSA) is 74.2 Å². The van der Waals surface area contributed by atoms with Crippen LogP contribution < -0.4 is 10.1 Å². The average Bonchev–Trinajstić information content (AvgIpc) is 2.72. The van der Waals surface area contributed by atoms with Gasteiger partial charge in [-0.25, -0.2) is 5.01 Å². The summed E-state index contributed by atoms with van der Waals surface area (Å²) >= 11 is 0. The van der Waals surface area contributed by atoms with Crippen LogP contribution in [-0.4, -0.2) is 66.3 Å². The van der Waals surface area contributed by atoms with Gasteiger partial charge in [-0.2, -0.15) is 5.10 Å². The third kappa shape index (κ3) is 5.56. The van der Waals surface area contributed by atoms with E-state index in [4.69, 9.17) is 4.74 Å². The number of carbonyl (C=O) groups is 2. The molecule has 2 atom stereocenters. The Balaban J connectivity index is 1.53. The van der Waals surface area contributed by atoms with Crippen LogP contribution in [-0.2, 0) is 9.59 Å². The Kier molecular flexibility index (Phi) is 7.25. The fraction of sp³-hybridized carbons (Fsp3) is 0.591. The summed E-state index contributed by atoms with van der Waals surface area (Å²) in [7, 11) is 1.62. The number of methoxy groups -OCH3 is 1. The van der Waals surface area contributed by atoms with Crippen molar-refractivity contribution in [3.8, 4) is 5.75 Å². The van der Waals surface area contributed by atoms with Crippen molar-refractivity contribution < 1.29 is 14.3 Å². The Morgan fingerprint density at radius 3 is 2.52 bits per heavy atom. The Bertz CT molecular complexity index is 737. The smallest absolute Gasteiger partial charge is 0.243 e. The van der Waals surface area contributed by atoms with E-state index in [1.54, 1.807) is 7.11 Å². The molecule has 1 saturated heterocycles. The SMILES string of the molecule is COc1ccc(C2=NN(CC(=O)NCCN3C(C)CCCC3C)C(=O)CC2)cc1. The van der Waals surface area contributed by atoms with Crippen LogP contribution in [0.4, 0.5) is 0 Å². The molecule has 2 unspecified atom stereocenters. The van der Waals surface area contributed by atoms with Gasteiger partial charge in [-0.3, -0.25) is 14.5 Å². The van der Waals surface area contributed by atoms with E-state index in [1.807, 2.05) is 24.3 Å². The maximum Gasteiger partial charge on any atom is 0.243 e. The standard InChI is InChI=1S/C22H32N4O3/c1-16-5-4-6-17(2)25(16)14-13-23-21(27)15-26-22(28)12-11-20(24-26)18-7-9-19(29-3)10-8-18/h7-10,16-17H,4-6,11-15H2,1-3H3,(H,23,27). The van der Waals surface area contributed by atoms with Gasteiger partial charge < -0.3 is 10.1 Å². The Hall–Kier alpha value is -2.41. The van der Waals surface area contributed by atoms with Crippen molar-refractivity contribution in [2.24, 2.45) is 5.10 Å². The number of benzene rings is 1. The number of likely N-dealkylation sites (tertiary alicyclic amines) is 1. The fourth-order valence-corrected chi connectivity index (χ4v) is 4.15. The van der Waals surface area contributed by atoms with E-state index in [9.17, 15) is 9.59 Å². The molecular weight excluding hydrogens is 368 g/mol. The molecule has 0 radical (unpaired) electrons. The summed E-state index contributed by atoms with van der Waals surface area (Å²) in [5.74, 6) is 0.487. The molecular formula is C22H32N4O3. The van der Waals surface area contributed by atoms with Crippen LogP contribution in [0.3, 0.4) is 0 Å². The molecule has 0 aliphatic carbocycles. The van der Waals surface area contributed by atoms with Gasteiger partial charge in [0.15, 0.2) is 0 Å². The van der Waals surface area contributed by atoms with Crippen LogP contribution >= 0.6 is 0 Å². The molecule has 1 N–H and O–H groups in total. The molecule has 158 valence electrons. The normalized spacial score (nSPS) is 22.9. The van der Waals surface area contributed by atoms with Crippen LogP contribution in [0.1, 0.15) is 51.5 Å². The number of carbonyl (C=O) groups excluding carboxylic acids is 2. The minimum Gasteiger partial charge on any atom is -0.497 e. The second kappa shape index (κ2) is 9.87. The summed E-state index contributed by atoms with van der Waals surface area (Å²) in [5.41, 5.74) is 1.76. The quantitative estimate of drug-likeness (QED) is 0.763. The monoisotopic (exact) mass is 400 g/mol. The lowest BCUT2D eigenvalue weighted by Gasteiger charge is -2.39. The van der Waals surface area contributed by atoms with Crippen molar-refractivity contribution in [1.82, 2.24) is 15.2 Å². The van der Waals surface area contributed by atoms with Crippen LogP contribution in [0.25, 0.3) is 0 Å². The van der Waals surface area contributed by atoms with Crippen LogP contribution in [0.15, 0.2) is 29.4 Å². The lowest BCUT2D eigenvalue weighted by molar-refractivity contribution is -0.136. The van der Waals surface area contributed by atoms with Gasteiger partial charge in [0.25, 0.3) is 0 Å². The van der Waals surface area contributed by atoms with E-state index in [2.05, 4.69) is 29.2 Å². The molecule has 2 aliphatic rings. The highest BCUT2D eigenvalue weighted by Crippen LogP contribution is 2.21. The van der Waals surface area contributed by atoms with Gasteiger partial charge in [0, 0.05) is 38.0 Å². The summed E-state index contributed by atoms with van der Waals surface area (Å²) in [5, 5.41) is 8.68. The van der Waals surface area contributed by atoms with E-state index in [-0.39, 0.29) is 18.4 Å². The van der Waals surface area contributed by atoms with Gasteiger partial charge >= 0.3 is 0 Å². The highest BCUT2D eigenvalue weighted by atomic mass is 16.5. The molecule has 2 aliphatic heterocycles. The number of rotatable bonds is 7. The number of nitrogens with one attached hydrogen (secondary N) is 1. The van der Waals surface area contributed by atoms with Crippen molar-refractivity contribution in [2.75, 3.05) is 26.7 Å². The highest BCUT2D eigenvalue weighted by molar-refractivity contribution is 6.04. The van der Waals surface area contributed by atoms with Gasteiger partial charge in [-0.15, -0.1) is 0 Å². The second-order valence-corrected chi connectivity index (χ2v) is 7.94. The summed E-state index contributed by atoms with van der Waals surface area (Å²) < 4.78 is 5.18. The fourth-order valence-electron chi connectivity index (χ4n) is 4.15. The van der Waals surface area contributed by atoms with Crippen molar-refractivity contribution in [3.05, 3.63) is 29.8 Å². The molecule has 2 heterocycles. The molecule has 1 aromatic carbocycles. The summed E-state index contributed by atoms with van der Waals surface area (Å²) in [6, 6.07) is 8.69. The van der Waals surface area contributed by atoms with Gasteiger partial charge in [-0.1, -0.05) is 6.42 Å². The minimum atomic E-state index is -0.171. The first kappa shape index (κ1) is 21.3. The zero-order chi connectivity index (χ0) is 20.8. The largest absolute Gasteiger partial charge is 0.497 e. The maximum absolute atomic E-state index is 12.4. The maximum atomic E-state index is 12.4. The molecule has 2 amide bonds. The Morgan fingerprint density at radius 2 is 1.86 bits per heavy atom. The first-order valence-corrected chi connectivity index (χ1v) is 10.5. The zero-order valence-electron chi connectivity index (χ0n) is 17.7. The second-order valence-electron chi connectivity index (χ2n) is 7.94. The van der Waals surface area contributed by atoms with Crippen molar-refractivity contribution in [2.45, 2.75) is 58.0 Å². The number of nitrogens with zero attached hydrogens (tertiary/aromatic N) is 3. The average molecular weight is 401 g/mol.